The molecule has 0 radical (unpaired) electrons. The summed E-state index contributed by atoms with van der Waals surface area (Å²) in [5, 5.41) is 0. The van der Waals surface area contributed by atoms with Crippen LogP contribution in [0.3, 0.4) is 0 Å². The van der Waals surface area contributed by atoms with Gasteiger partial charge in [0.1, 0.15) is 5.78 Å². The number of hydrogen-bond acceptors (Lipinski definition) is 3. The molecule has 124 valence electrons. The fourth-order valence-corrected chi connectivity index (χ4v) is 2.95. The Balaban J connectivity index is 2.24. The molecule has 1 rings (SSSR count). The molecule has 1 fully saturated rings. The van der Waals surface area contributed by atoms with Crippen molar-refractivity contribution < 1.29 is 9.53 Å². The Labute approximate surface area is 131 Å². The van der Waals surface area contributed by atoms with Crippen molar-refractivity contribution in [2.45, 2.75) is 79.4 Å². The van der Waals surface area contributed by atoms with Crippen molar-refractivity contribution in [1.29, 1.82) is 0 Å². The van der Waals surface area contributed by atoms with Crippen LogP contribution in [-0.4, -0.2) is 43.0 Å². The van der Waals surface area contributed by atoms with E-state index in [9.17, 15) is 4.79 Å². The van der Waals surface area contributed by atoms with Gasteiger partial charge in [-0.05, 0) is 31.7 Å². The van der Waals surface area contributed by atoms with Crippen LogP contribution in [0.25, 0.3) is 0 Å². The Bertz CT molecular complexity index is 338. The summed E-state index contributed by atoms with van der Waals surface area (Å²) in [4.78, 5) is 14.3. The highest BCUT2D eigenvalue weighted by atomic mass is 16.5. The predicted molar refractivity (Wildman–Crippen MR) is 88.5 cm³/mol. The highest BCUT2D eigenvalue weighted by molar-refractivity contribution is 5.83. The fourth-order valence-electron chi connectivity index (χ4n) is 2.95. The van der Waals surface area contributed by atoms with Crippen LogP contribution in [0.2, 0.25) is 0 Å². The Hall–Kier alpha value is -0.410. The molecule has 0 aromatic heterocycles. The van der Waals surface area contributed by atoms with Crippen molar-refractivity contribution in [2.75, 3.05) is 20.2 Å². The summed E-state index contributed by atoms with van der Waals surface area (Å²) >= 11 is 0. The number of nitrogens with zero attached hydrogens (tertiary/aromatic N) is 1. The van der Waals surface area contributed by atoms with Crippen molar-refractivity contribution in [3.05, 3.63) is 0 Å². The van der Waals surface area contributed by atoms with Crippen LogP contribution in [0.1, 0.15) is 67.2 Å². The smallest absolute Gasteiger partial charge is 0.138 e. The van der Waals surface area contributed by atoms with Crippen LogP contribution in [0, 0.1) is 10.8 Å². The van der Waals surface area contributed by atoms with Gasteiger partial charge in [0.2, 0.25) is 0 Å². The number of hydrogen-bond donors (Lipinski definition) is 0. The van der Waals surface area contributed by atoms with Gasteiger partial charge in [0.25, 0.3) is 0 Å². The molecule has 0 unspecified atom stereocenters. The summed E-state index contributed by atoms with van der Waals surface area (Å²) in [6, 6.07) is 0.631. The SMILES string of the molecule is CN1C[C@@H](OCCCC(=O)C(C)(C)C)C[C@H]1CC(C)(C)C. The standard InChI is InChI=1S/C18H35NO2/c1-17(2,3)12-14-11-15(13-19(14)7)21-10-8-9-16(20)18(4,5)6/h14-15H,8-13H2,1-7H3/t14-,15-/m0/s1. The van der Waals surface area contributed by atoms with Gasteiger partial charge in [-0.15, -0.1) is 0 Å². The lowest BCUT2D eigenvalue weighted by atomic mass is 9.87. The van der Waals surface area contributed by atoms with Crippen LogP contribution in [0.15, 0.2) is 0 Å². The third-order valence-corrected chi connectivity index (χ3v) is 4.24. The zero-order valence-electron chi connectivity index (χ0n) is 15.2. The molecule has 1 saturated heterocycles. The lowest BCUT2D eigenvalue weighted by Gasteiger charge is -2.27. The van der Waals surface area contributed by atoms with E-state index in [1.165, 1.54) is 6.42 Å². The first-order valence-corrected chi connectivity index (χ1v) is 8.34. The number of carbonyl (C=O) groups excluding carboxylic acids is 1. The van der Waals surface area contributed by atoms with E-state index in [2.05, 4.69) is 32.7 Å². The minimum Gasteiger partial charge on any atom is -0.377 e. The van der Waals surface area contributed by atoms with Gasteiger partial charge in [0, 0.05) is 31.0 Å². The first kappa shape index (κ1) is 18.6. The Kier molecular flexibility index (Phi) is 6.42. The van der Waals surface area contributed by atoms with E-state index in [0.717, 1.165) is 19.4 Å². The molecule has 21 heavy (non-hydrogen) atoms. The van der Waals surface area contributed by atoms with Crippen LogP contribution in [0.4, 0.5) is 0 Å². The van der Waals surface area contributed by atoms with E-state index in [4.69, 9.17) is 4.74 Å². The predicted octanol–water partition coefficient (Wildman–Crippen LogP) is 3.91. The average molecular weight is 297 g/mol. The number of ketones is 1. The Morgan fingerprint density at radius 2 is 1.81 bits per heavy atom. The minimum absolute atomic E-state index is 0.217. The second-order valence-electron chi connectivity index (χ2n) is 8.86. The number of likely N-dealkylation sites (N-methyl/N-ethyl adjacent to an activating group) is 1. The summed E-state index contributed by atoms with van der Waals surface area (Å²) in [7, 11) is 2.20. The van der Waals surface area contributed by atoms with Gasteiger partial charge >= 0.3 is 0 Å². The van der Waals surface area contributed by atoms with Gasteiger partial charge in [0.15, 0.2) is 0 Å². The van der Waals surface area contributed by atoms with Gasteiger partial charge in [-0.2, -0.15) is 0 Å². The molecule has 0 amide bonds. The molecule has 0 N–H and O–H groups in total. The summed E-state index contributed by atoms with van der Waals surface area (Å²) in [6.07, 6.45) is 4.16. The van der Waals surface area contributed by atoms with Gasteiger partial charge in [-0.3, -0.25) is 4.79 Å². The summed E-state index contributed by atoms with van der Waals surface area (Å²) in [6.45, 7) is 14.6. The van der Waals surface area contributed by atoms with Gasteiger partial charge < -0.3 is 9.64 Å². The molecule has 0 aliphatic carbocycles. The molecule has 0 bridgehead atoms. The highest BCUT2D eigenvalue weighted by Crippen LogP contribution is 2.30. The van der Waals surface area contributed by atoms with Crippen molar-refractivity contribution in [1.82, 2.24) is 4.90 Å². The first-order chi connectivity index (χ1) is 9.49. The van der Waals surface area contributed by atoms with Crippen LogP contribution < -0.4 is 0 Å². The van der Waals surface area contributed by atoms with Crippen molar-refractivity contribution in [3.63, 3.8) is 0 Å². The normalized spacial score (nSPS) is 24.5. The van der Waals surface area contributed by atoms with Crippen molar-refractivity contribution >= 4 is 5.78 Å². The van der Waals surface area contributed by atoms with E-state index in [-0.39, 0.29) is 5.41 Å². The molecule has 0 saturated carbocycles. The third kappa shape index (κ3) is 6.92. The van der Waals surface area contributed by atoms with Crippen LogP contribution >= 0.6 is 0 Å². The topological polar surface area (TPSA) is 29.5 Å². The molecule has 1 aliphatic heterocycles. The molecule has 2 atom stereocenters. The molecule has 3 heteroatoms. The van der Waals surface area contributed by atoms with E-state index >= 15 is 0 Å². The Morgan fingerprint density at radius 1 is 1.19 bits per heavy atom. The molecular formula is C18H35NO2. The quantitative estimate of drug-likeness (QED) is 0.696. The molecule has 0 aromatic rings. The highest BCUT2D eigenvalue weighted by Gasteiger charge is 2.32. The molecule has 3 nitrogen and oxygen atoms in total. The number of Topliss-reactive ketones (excluding diaryl/α,β-unsaturated/α-hetero) is 1. The van der Waals surface area contributed by atoms with E-state index in [1.807, 2.05) is 20.8 Å². The van der Waals surface area contributed by atoms with E-state index in [1.54, 1.807) is 0 Å². The molecule has 0 spiro atoms. The zero-order valence-corrected chi connectivity index (χ0v) is 15.2. The Morgan fingerprint density at radius 3 is 2.33 bits per heavy atom. The number of rotatable bonds is 6. The maximum atomic E-state index is 11.9. The maximum Gasteiger partial charge on any atom is 0.138 e. The van der Waals surface area contributed by atoms with E-state index < -0.39 is 0 Å². The fraction of sp³-hybridized carbons (Fsp3) is 0.944. The lowest BCUT2D eigenvalue weighted by molar-refractivity contribution is -0.126. The second-order valence-corrected chi connectivity index (χ2v) is 8.86. The molecule has 0 aromatic carbocycles. The van der Waals surface area contributed by atoms with Crippen LogP contribution in [-0.2, 0) is 9.53 Å². The van der Waals surface area contributed by atoms with Gasteiger partial charge in [-0.25, -0.2) is 0 Å². The second kappa shape index (κ2) is 7.23. The zero-order chi connectivity index (χ0) is 16.3. The molecular weight excluding hydrogens is 262 g/mol. The van der Waals surface area contributed by atoms with Gasteiger partial charge in [0.05, 0.1) is 6.10 Å². The maximum absolute atomic E-state index is 11.9. The number of carbonyl (C=O) groups is 1. The third-order valence-electron chi connectivity index (χ3n) is 4.24. The largest absolute Gasteiger partial charge is 0.377 e. The van der Waals surface area contributed by atoms with Gasteiger partial charge in [-0.1, -0.05) is 41.5 Å². The van der Waals surface area contributed by atoms with Crippen molar-refractivity contribution in [3.8, 4) is 0 Å². The molecule has 1 heterocycles. The summed E-state index contributed by atoms with van der Waals surface area (Å²) in [5.74, 6) is 0.334. The molecule has 1 aliphatic rings. The van der Waals surface area contributed by atoms with E-state index in [0.29, 0.717) is 36.4 Å². The van der Waals surface area contributed by atoms with Crippen LogP contribution in [0.5, 0.6) is 0 Å². The van der Waals surface area contributed by atoms with Crippen molar-refractivity contribution in [2.24, 2.45) is 10.8 Å². The monoisotopic (exact) mass is 297 g/mol. The minimum atomic E-state index is -0.217. The lowest BCUT2D eigenvalue weighted by Crippen LogP contribution is -2.29. The first-order valence-electron chi connectivity index (χ1n) is 8.34. The summed E-state index contributed by atoms with van der Waals surface area (Å²) in [5.41, 5.74) is 0.151. The number of likely N-dealkylation sites (tertiary alicyclic amines) is 1. The average Bonchev–Trinajstić information content (AvgIpc) is 2.61. The number of ether oxygens (including phenoxy) is 1. The summed E-state index contributed by atoms with van der Waals surface area (Å²) < 4.78 is 5.99.